The molecule has 10 nitrogen and oxygen atoms in total. The van der Waals surface area contributed by atoms with E-state index in [1.165, 1.54) is 19.5 Å². The second-order valence-corrected chi connectivity index (χ2v) is 10.9. The van der Waals surface area contributed by atoms with Crippen LogP contribution in [0.4, 0.5) is 5.95 Å². The number of rotatable bonds is 8. The number of methoxy groups -OCH3 is 1. The van der Waals surface area contributed by atoms with Crippen molar-refractivity contribution in [3.05, 3.63) is 29.1 Å². The van der Waals surface area contributed by atoms with Crippen LogP contribution in [0.5, 0.6) is 0 Å². The largest absolute Gasteiger partial charge is 0.381 e. The zero-order valence-electron chi connectivity index (χ0n) is 17.8. The molecule has 1 saturated heterocycles. The maximum Gasteiger partial charge on any atom is 0.240 e. The molecule has 0 radical (unpaired) electrons. The molecule has 2 aromatic heterocycles. The third-order valence-corrected chi connectivity index (χ3v) is 7.91. The van der Waals surface area contributed by atoms with Crippen molar-refractivity contribution in [1.29, 1.82) is 0 Å². The van der Waals surface area contributed by atoms with E-state index in [0.717, 1.165) is 38.1 Å². The molecule has 170 valence electrons. The lowest BCUT2D eigenvalue weighted by Gasteiger charge is -2.26. The second kappa shape index (κ2) is 8.61. The van der Waals surface area contributed by atoms with Gasteiger partial charge in [0.05, 0.1) is 11.6 Å². The summed E-state index contributed by atoms with van der Waals surface area (Å²) in [6.45, 7) is 4.94. The first-order chi connectivity index (χ1) is 14.7. The van der Waals surface area contributed by atoms with E-state index in [-0.39, 0.29) is 23.2 Å². The van der Waals surface area contributed by atoms with Crippen LogP contribution >= 0.6 is 11.6 Å². The molecule has 2 aliphatic rings. The Morgan fingerprint density at radius 3 is 2.61 bits per heavy atom. The van der Waals surface area contributed by atoms with E-state index in [1.54, 1.807) is 6.92 Å². The van der Waals surface area contributed by atoms with Gasteiger partial charge in [0, 0.05) is 37.6 Å². The Morgan fingerprint density at radius 2 is 2.03 bits per heavy atom. The van der Waals surface area contributed by atoms with E-state index in [4.69, 9.17) is 21.1 Å². The summed E-state index contributed by atoms with van der Waals surface area (Å²) in [5.74, 6) is 1.33. The second-order valence-electron chi connectivity index (χ2n) is 8.40. The number of nitrogens with zero attached hydrogens (tertiary/aromatic N) is 5. The van der Waals surface area contributed by atoms with Crippen molar-refractivity contribution in [3.63, 3.8) is 0 Å². The van der Waals surface area contributed by atoms with Crippen molar-refractivity contribution in [1.82, 2.24) is 24.7 Å². The molecule has 0 spiro atoms. The molecular weight excluding hydrogens is 444 g/mol. The molecule has 12 heteroatoms. The first kappa shape index (κ1) is 22.4. The average molecular weight is 471 g/mol. The van der Waals surface area contributed by atoms with Crippen LogP contribution in [0.25, 0.3) is 0 Å². The van der Waals surface area contributed by atoms with Crippen LogP contribution < -0.4 is 4.72 Å². The number of anilines is 1. The SMILES string of the molecule is CO[C@H](c1ncc(Cl)cn1)[C@H](C)S(=O)(=O)Nc1nnc([C@H]2CCCOC2)n1C1(C)CC1. The molecule has 1 aliphatic heterocycles. The molecule has 1 N–H and O–H groups in total. The van der Waals surface area contributed by atoms with Gasteiger partial charge in [0.1, 0.15) is 17.2 Å². The highest BCUT2D eigenvalue weighted by molar-refractivity contribution is 7.93. The van der Waals surface area contributed by atoms with Gasteiger partial charge < -0.3 is 9.47 Å². The van der Waals surface area contributed by atoms with Gasteiger partial charge in [-0.3, -0.25) is 9.29 Å². The molecule has 3 heterocycles. The summed E-state index contributed by atoms with van der Waals surface area (Å²) >= 11 is 5.85. The highest BCUT2D eigenvalue weighted by atomic mass is 35.5. The molecule has 0 aromatic carbocycles. The van der Waals surface area contributed by atoms with Crippen LogP contribution in [-0.2, 0) is 25.0 Å². The number of halogens is 1. The number of hydrogen-bond donors (Lipinski definition) is 1. The summed E-state index contributed by atoms with van der Waals surface area (Å²) in [6, 6.07) is 0. The summed E-state index contributed by atoms with van der Waals surface area (Å²) in [6.07, 6.45) is 5.70. The Kier molecular flexibility index (Phi) is 6.21. The molecule has 2 fully saturated rings. The fourth-order valence-corrected chi connectivity index (χ4v) is 5.10. The summed E-state index contributed by atoms with van der Waals surface area (Å²) in [7, 11) is -2.48. The molecule has 31 heavy (non-hydrogen) atoms. The van der Waals surface area contributed by atoms with E-state index in [0.29, 0.717) is 11.6 Å². The lowest BCUT2D eigenvalue weighted by Crippen LogP contribution is -2.34. The van der Waals surface area contributed by atoms with Crippen LogP contribution in [0, 0.1) is 0 Å². The molecule has 0 bridgehead atoms. The van der Waals surface area contributed by atoms with Gasteiger partial charge in [-0.25, -0.2) is 18.4 Å². The fourth-order valence-electron chi connectivity index (χ4n) is 3.87. The van der Waals surface area contributed by atoms with Crippen LogP contribution in [0.15, 0.2) is 12.4 Å². The van der Waals surface area contributed by atoms with Crippen LogP contribution in [0.3, 0.4) is 0 Å². The van der Waals surface area contributed by atoms with Crippen molar-refractivity contribution in [3.8, 4) is 0 Å². The van der Waals surface area contributed by atoms with E-state index in [2.05, 4.69) is 31.8 Å². The van der Waals surface area contributed by atoms with Gasteiger partial charge in [-0.2, -0.15) is 0 Å². The maximum absolute atomic E-state index is 13.2. The molecule has 1 saturated carbocycles. The Bertz CT molecular complexity index is 1020. The minimum atomic E-state index is -3.90. The number of hydrogen-bond acceptors (Lipinski definition) is 8. The molecule has 3 atom stereocenters. The Balaban J connectivity index is 1.61. The van der Waals surface area contributed by atoms with E-state index in [1.807, 2.05) is 4.57 Å². The highest BCUT2D eigenvalue weighted by Crippen LogP contribution is 2.47. The number of sulfonamides is 1. The van der Waals surface area contributed by atoms with Gasteiger partial charge >= 0.3 is 0 Å². The first-order valence-corrected chi connectivity index (χ1v) is 12.2. The monoisotopic (exact) mass is 470 g/mol. The molecule has 4 rings (SSSR count). The fraction of sp³-hybridized carbons (Fsp3) is 0.684. The quantitative estimate of drug-likeness (QED) is 0.624. The summed E-state index contributed by atoms with van der Waals surface area (Å²) in [5, 5.41) is 7.94. The van der Waals surface area contributed by atoms with Crippen molar-refractivity contribution >= 4 is 27.6 Å². The lowest BCUT2D eigenvalue weighted by atomic mass is 10.0. The molecule has 2 aromatic rings. The molecule has 0 amide bonds. The van der Waals surface area contributed by atoms with Gasteiger partial charge in [-0.05, 0) is 39.5 Å². The van der Waals surface area contributed by atoms with Crippen molar-refractivity contribution in [2.24, 2.45) is 0 Å². The molecule has 1 aliphatic carbocycles. The Morgan fingerprint density at radius 1 is 1.32 bits per heavy atom. The summed E-state index contributed by atoms with van der Waals surface area (Å²) in [4.78, 5) is 8.23. The lowest BCUT2D eigenvalue weighted by molar-refractivity contribution is 0.0764. The van der Waals surface area contributed by atoms with Gasteiger partial charge in [0.15, 0.2) is 5.82 Å². The molecule has 0 unspecified atom stereocenters. The Hall–Kier alpha value is -1.82. The van der Waals surface area contributed by atoms with Crippen LogP contribution in [0.2, 0.25) is 5.02 Å². The van der Waals surface area contributed by atoms with Gasteiger partial charge in [0.25, 0.3) is 0 Å². The summed E-state index contributed by atoms with van der Waals surface area (Å²) in [5.41, 5.74) is -0.197. The van der Waals surface area contributed by atoms with E-state index >= 15 is 0 Å². The van der Waals surface area contributed by atoms with Crippen molar-refractivity contribution in [2.45, 2.75) is 62.3 Å². The zero-order chi connectivity index (χ0) is 22.2. The summed E-state index contributed by atoms with van der Waals surface area (Å²) < 4.78 is 42.1. The third-order valence-electron chi connectivity index (χ3n) is 6.03. The van der Waals surface area contributed by atoms with Crippen molar-refractivity contribution < 1.29 is 17.9 Å². The third kappa shape index (κ3) is 4.55. The highest BCUT2D eigenvalue weighted by Gasteiger charge is 2.45. The predicted molar refractivity (Wildman–Crippen MR) is 114 cm³/mol. The van der Waals surface area contributed by atoms with E-state index < -0.39 is 21.4 Å². The first-order valence-electron chi connectivity index (χ1n) is 10.3. The van der Waals surface area contributed by atoms with Gasteiger partial charge in [0.2, 0.25) is 16.0 Å². The predicted octanol–water partition coefficient (Wildman–Crippen LogP) is 2.64. The number of ether oxygens (including phenoxy) is 2. The standard InChI is InChI=1S/C19H27ClN6O4S/c1-12(15(29-3)16-21-9-14(20)10-22-16)31(27,28)25-18-24-23-17(13-5-4-8-30-11-13)26(18)19(2)6-7-19/h9-10,12-13,15H,4-8,11H2,1-3H3,(H,24,25)/t12-,13-,15-/m0/s1. The minimum Gasteiger partial charge on any atom is -0.381 e. The van der Waals surface area contributed by atoms with Gasteiger partial charge in [-0.1, -0.05) is 11.6 Å². The normalized spacial score (nSPS) is 22.6. The number of nitrogens with one attached hydrogen (secondary N) is 1. The van der Waals surface area contributed by atoms with Gasteiger partial charge in [-0.15, -0.1) is 10.2 Å². The number of aromatic nitrogens is 5. The maximum atomic E-state index is 13.2. The minimum absolute atomic E-state index is 0.101. The average Bonchev–Trinajstić information content (AvgIpc) is 3.36. The van der Waals surface area contributed by atoms with Crippen LogP contribution in [0.1, 0.15) is 63.2 Å². The molecular formula is C19H27ClN6O4S. The van der Waals surface area contributed by atoms with Crippen molar-refractivity contribution in [2.75, 3.05) is 25.0 Å². The zero-order valence-corrected chi connectivity index (χ0v) is 19.4. The topological polar surface area (TPSA) is 121 Å². The Labute approximate surface area is 186 Å². The van der Waals surface area contributed by atoms with Crippen LogP contribution in [-0.4, -0.2) is 58.7 Å². The van der Waals surface area contributed by atoms with E-state index in [9.17, 15) is 8.42 Å². The smallest absolute Gasteiger partial charge is 0.240 e.